The maximum atomic E-state index is 12.9. The molecule has 4 bridgehead atoms. The van der Waals surface area contributed by atoms with Gasteiger partial charge in [0.2, 0.25) is 5.91 Å². The van der Waals surface area contributed by atoms with Gasteiger partial charge in [-0.1, -0.05) is 23.2 Å². The lowest BCUT2D eigenvalue weighted by molar-refractivity contribution is -0.137. The number of amides is 2. The van der Waals surface area contributed by atoms with Gasteiger partial charge in [0.15, 0.2) is 0 Å². The zero-order valence-corrected chi connectivity index (χ0v) is 19.6. The van der Waals surface area contributed by atoms with Gasteiger partial charge in [0, 0.05) is 28.6 Å². The van der Waals surface area contributed by atoms with Crippen molar-refractivity contribution in [1.82, 2.24) is 10.6 Å². The quantitative estimate of drug-likeness (QED) is 0.477. The summed E-state index contributed by atoms with van der Waals surface area (Å²) in [4.78, 5) is 36.6. The van der Waals surface area contributed by atoms with Gasteiger partial charge < -0.3 is 15.7 Å². The monoisotopic (exact) mass is 480 g/mol. The lowest BCUT2D eigenvalue weighted by Crippen LogP contribution is -2.49. The summed E-state index contributed by atoms with van der Waals surface area (Å²) in [5, 5.41) is 15.3. The Morgan fingerprint density at radius 3 is 2.09 bits per heavy atom. The average Bonchev–Trinajstić information content (AvgIpc) is 2.68. The smallest absolute Gasteiger partial charge is 0.303 e. The SMILES string of the molecule is O=C(O)CC[C@@H](NC(=O)c1cc(Cl)cc(Cl)c1)C(=O)NCCC12CC3CC(CC(C3)C1)C2. The van der Waals surface area contributed by atoms with Crippen LogP contribution in [-0.4, -0.2) is 35.5 Å². The molecule has 0 aliphatic heterocycles. The molecule has 174 valence electrons. The molecule has 0 saturated heterocycles. The third-order valence-electron chi connectivity index (χ3n) is 7.51. The Balaban J connectivity index is 1.35. The van der Waals surface area contributed by atoms with Crippen LogP contribution in [0.15, 0.2) is 18.2 Å². The first-order valence-electron chi connectivity index (χ1n) is 11.5. The predicted molar refractivity (Wildman–Crippen MR) is 123 cm³/mol. The van der Waals surface area contributed by atoms with Crippen LogP contribution in [0.1, 0.15) is 68.1 Å². The third-order valence-corrected chi connectivity index (χ3v) is 7.95. The molecule has 5 rings (SSSR count). The van der Waals surface area contributed by atoms with Crippen LogP contribution >= 0.6 is 23.2 Å². The van der Waals surface area contributed by atoms with E-state index in [0.29, 0.717) is 22.0 Å². The largest absolute Gasteiger partial charge is 0.481 e. The minimum absolute atomic E-state index is 0.0125. The Kier molecular flexibility index (Phi) is 7.01. The minimum atomic E-state index is -1.02. The van der Waals surface area contributed by atoms with E-state index in [1.807, 2.05) is 0 Å². The van der Waals surface area contributed by atoms with Gasteiger partial charge in [-0.15, -0.1) is 0 Å². The van der Waals surface area contributed by atoms with Crippen LogP contribution in [0, 0.1) is 23.2 Å². The lowest BCUT2D eigenvalue weighted by atomic mass is 9.49. The van der Waals surface area contributed by atoms with Crippen molar-refractivity contribution in [3.05, 3.63) is 33.8 Å². The number of halogens is 2. The molecular formula is C24H30Cl2N2O4. The first-order chi connectivity index (χ1) is 15.2. The molecule has 2 amide bonds. The predicted octanol–water partition coefficient (Wildman–Crippen LogP) is 4.68. The summed E-state index contributed by atoms with van der Waals surface area (Å²) in [6.07, 6.45) is 8.68. The first-order valence-corrected chi connectivity index (χ1v) is 12.2. The Bertz CT molecular complexity index is 848. The molecule has 0 unspecified atom stereocenters. The van der Waals surface area contributed by atoms with Crippen LogP contribution in [0.25, 0.3) is 0 Å². The summed E-state index contributed by atoms with van der Waals surface area (Å²) in [6, 6.07) is 3.50. The molecule has 6 nitrogen and oxygen atoms in total. The van der Waals surface area contributed by atoms with Gasteiger partial charge in [-0.25, -0.2) is 0 Å². The summed E-state index contributed by atoms with van der Waals surface area (Å²) >= 11 is 11.9. The number of benzene rings is 1. The van der Waals surface area contributed by atoms with Crippen LogP contribution < -0.4 is 10.6 Å². The number of hydrogen-bond donors (Lipinski definition) is 3. The van der Waals surface area contributed by atoms with Gasteiger partial charge in [-0.05, 0) is 92.7 Å². The van der Waals surface area contributed by atoms with Crippen molar-refractivity contribution in [3.8, 4) is 0 Å². The summed E-state index contributed by atoms with van der Waals surface area (Å²) in [7, 11) is 0. The third kappa shape index (κ3) is 5.57. The fraction of sp³-hybridized carbons (Fsp3) is 0.625. The van der Waals surface area contributed by atoms with Crippen molar-refractivity contribution in [1.29, 1.82) is 0 Å². The molecule has 1 atom stereocenters. The van der Waals surface area contributed by atoms with Crippen LogP contribution in [0.3, 0.4) is 0 Å². The van der Waals surface area contributed by atoms with Gasteiger partial charge in [0.25, 0.3) is 5.91 Å². The Morgan fingerprint density at radius 2 is 1.56 bits per heavy atom. The van der Waals surface area contributed by atoms with Crippen molar-refractivity contribution >= 4 is 41.0 Å². The highest BCUT2D eigenvalue weighted by Gasteiger charge is 2.50. The van der Waals surface area contributed by atoms with Crippen molar-refractivity contribution in [2.24, 2.45) is 23.2 Å². The molecule has 0 spiro atoms. The second kappa shape index (κ2) is 9.60. The average molecular weight is 481 g/mol. The fourth-order valence-corrected chi connectivity index (χ4v) is 7.16. The molecule has 0 heterocycles. The van der Waals surface area contributed by atoms with Crippen LogP contribution in [0.2, 0.25) is 10.0 Å². The van der Waals surface area contributed by atoms with E-state index in [2.05, 4.69) is 10.6 Å². The molecule has 4 saturated carbocycles. The number of nitrogens with one attached hydrogen (secondary N) is 2. The zero-order valence-electron chi connectivity index (χ0n) is 18.0. The van der Waals surface area contributed by atoms with Gasteiger partial charge in [0.05, 0.1) is 0 Å². The summed E-state index contributed by atoms with van der Waals surface area (Å²) in [6.45, 7) is 0.549. The molecule has 3 N–H and O–H groups in total. The van der Waals surface area contributed by atoms with E-state index in [9.17, 15) is 14.4 Å². The van der Waals surface area contributed by atoms with E-state index in [1.165, 1.54) is 56.7 Å². The van der Waals surface area contributed by atoms with Crippen LogP contribution in [0.5, 0.6) is 0 Å². The normalized spacial score (nSPS) is 28.9. The highest BCUT2D eigenvalue weighted by molar-refractivity contribution is 6.35. The zero-order chi connectivity index (χ0) is 22.9. The first kappa shape index (κ1) is 23.4. The molecule has 0 radical (unpaired) electrons. The fourth-order valence-electron chi connectivity index (χ4n) is 6.63. The second-order valence-electron chi connectivity index (χ2n) is 10.1. The second-order valence-corrected chi connectivity index (χ2v) is 10.9. The highest BCUT2D eigenvalue weighted by Crippen LogP contribution is 2.61. The van der Waals surface area contributed by atoms with E-state index in [4.69, 9.17) is 28.3 Å². The number of rotatable bonds is 9. The van der Waals surface area contributed by atoms with Crippen molar-refractivity contribution < 1.29 is 19.5 Å². The number of carbonyl (C=O) groups excluding carboxylic acids is 2. The molecule has 0 aromatic heterocycles. The van der Waals surface area contributed by atoms with Crippen LogP contribution in [-0.2, 0) is 9.59 Å². The molecule has 4 fully saturated rings. The van der Waals surface area contributed by atoms with Gasteiger partial charge in [-0.2, -0.15) is 0 Å². The number of aliphatic carboxylic acids is 1. The Hall–Kier alpha value is -1.79. The molecular weight excluding hydrogens is 451 g/mol. The van der Waals surface area contributed by atoms with Gasteiger partial charge in [-0.3, -0.25) is 14.4 Å². The summed E-state index contributed by atoms with van der Waals surface area (Å²) in [5.41, 5.74) is 0.573. The van der Waals surface area contributed by atoms with Gasteiger partial charge in [0.1, 0.15) is 6.04 Å². The Morgan fingerprint density at radius 1 is 1.00 bits per heavy atom. The molecule has 8 heteroatoms. The topological polar surface area (TPSA) is 95.5 Å². The number of carbonyl (C=O) groups is 3. The van der Waals surface area contributed by atoms with E-state index in [1.54, 1.807) is 0 Å². The molecule has 32 heavy (non-hydrogen) atoms. The maximum Gasteiger partial charge on any atom is 0.303 e. The maximum absolute atomic E-state index is 12.9. The number of carboxylic acid groups (broad SMARTS) is 1. The van der Waals surface area contributed by atoms with E-state index in [-0.39, 0.29) is 24.3 Å². The molecule has 4 aliphatic rings. The van der Waals surface area contributed by atoms with Gasteiger partial charge >= 0.3 is 5.97 Å². The van der Waals surface area contributed by atoms with Crippen molar-refractivity contribution in [2.75, 3.05) is 6.54 Å². The molecule has 1 aromatic rings. The minimum Gasteiger partial charge on any atom is -0.481 e. The number of carboxylic acids is 1. The summed E-state index contributed by atoms with van der Waals surface area (Å²) < 4.78 is 0. The van der Waals surface area contributed by atoms with E-state index < -0.39 is 17.9 Å². The van der Waals surface area contributed by atoms with Crippen molar-refractivity contribution in [3.63, 3.8) is 0 Å². The molecule has 1 aromatic carbocycles. The Labute approximate surface area is 198 Å². The molecule has 4 aliphatic carbocycles. The van der Waals surface area contributed by atoms with E-state index >= 15 is 0 Å². The lowest BCUT2D eigenvalue weighted by Gasteiger charge is -2.57. The standard InChI is InChI=1S/C24H30Cl2N2O4/c25-18-8-17(9-19(26)10-18)22(31)28-20(1-2-21(29)30)23(32)27-4-3-24-11-14-5-15(12-24)7-16(6-14)13-24/h8-10,14-16,20H,1-7,11-13H2,(H,27,32)(H,28,31)(H,29,30)/t14?,15?,16?,20-,24?/m1/s1. The van der Waals surface area contributed by atoms with E-state index in [0.717, 1.165) is 24.2 Å². The van der Waals surface area contributed by atoms with Crippen LogP contribution in [0.4, 0.5) is 0 Å². The highest BCUT2D eigenvalue weighted by atomic mass is 35.5. The number of hydrogen-bond acceptors (Lipinski definition) is 3. The van der Waals surface area contributed by atoms with Crippen molar-refractivity contribution in [2.45, 2.75) is 63.8 Å². The summed E-state index contributed by atoms with van der Waals surface area (Å²) in [5.74, 6) is 0.673.